The van der Waals surface area contributed by atoms with E-state index in [1.807, 2.05) is 12.1 Å². The van der Waals surface area contributed by atoms with Gasteiger partial charge >= 0.3 is 6.18 Å². The molecule has 5 N–H and O–H groups in total. The van der Waals surface area contributed by atoms with Gasteiger partial charge in [-0.25, -0.2) is 4.98 Å². The minimum absolute atomic E-state index is 0.00130. The molecule has 1 saturated carbocycles. The molecule has 4 rings (SSSR count). The zero-order valence-electron chi connectivity index (χ0n) is 16.6. The molecule has 2 aliphatic rings. The molecule has 0 bridgehead atoms. The highest BCUT2D eigenvalue weighted by Crippen LogP contribution is 2.36. The van der Waals surface area contributed by atoms with E-state index in [9.17, 15) is 18.0 Å². The van der Waals surface area contributed by atoms with Crippen LogP contribution in [0.3, 0.4) is 0 Å². The monoisotopic (exact) mass is 436 g/mol. The predicted octanol–water partition coefficient (Wildman–Crippen LogP) is 2.02. The lowest BCUT2D eigenvalue weighted by Gasteiger charge is -2.30. The van der Waals surface area contributed by atoms with Crippen molar-refractivity contribution in [1.82, 2.24) is 14.9 Å². The molecular weight excluding hydrogens is 413 g/mol. The fourth-order valence-electron chi connectivity index (χ4n) is 3.45. The van der Waals surface area contributed by atoms with E-state index in [1.165, 1.54) is 0 Å². The Labute approximate surface area is 176 Å². The van der Waals surface area contributed by atoms with Crippen LogP contribution >= 0.6 is 0 Å². The van der Waals surface area contributed by atoms with Gasteiger partial charge in [-0.1, -0.05) is 6.07 Å². The number of benzene rings is 1. The Balaban J connectivity index is 1.53. The van der Waals surface area contributed by atoms with Gasteiger partial charge in [-0.3, -0.25) is 4.79 Å². The number of rotatable bonds is 6. The summed E-state index contributed by atoms with van der Waals surface area (Å²) in [5, 5.41) is 14.9. The van der Waals surface area contributed by atoms with Crippen LogP contribution in [-0.2, 0) is 23.9 Å². The molecule has 1 amide bonds. The number of amides is 1. The van der Waals surface area contributed by atoms with Crippen molar-refractivity contribution in [2.24, 2.45) is 5.73 Å². The van der Waals surface area contributed by atoms with E-state index in [0.717, 1.165) is 30.2 Å². The lowest BCUT2D eigenvalue weighted by Crippen LogP contribution is -2.47. The molecule has 1 aromatic carbocycles. The number of nitrogens with one attached hydrogen (secondary N) is 2. The molecule has 1 aliphatic carbocycles. The van der Waals surface area contributed by atoms with Gasteiger partial charge in [-0.15, -0.1) is 0 Å². The molecule has 0 radical (unpaired) electrons. The summed E-state index contributed by atoms with van der Waals surface area (Å²) in [6.07, 6.45) is -1.51. The molecule has 1 aliphatic heterocycles. The first-order chi connectivity index (χ1) is 14.7. The molecule has 1 atom stereocenters. The Hall–Kier alpha value is -2.92. The number of alkyl halides is 3. The molecule has 11 heteroatoms. The van der Waals surface area contributed by atoms with Crippen LogP contribution in [0, 0.1) is 0 Å². The van der Waals surface area contributed by atoms with Gasteiger partial charge < -0.3 is 26.4 Å². The van der Waals surface area contributed by atoms with E-state index >= 15 is 0 Å². The SMILES string of the molecule is N[C@@H](CO)C(=O)N1CCc2ccc(Nc3ncc(C(F)(F)F)c(NC4CC4)n3)cc2C1. The standard InChI is InChI=1S/C20H23F3N6O2/c21-20(22,23)15-8-25-19(28-17(15)26-13-3-4-13)27-14-2-1-11-5-6-29(9-12(11)7-14)18(31)16(24)10-30/h1-2,7-8,13,16,30H,3-6,9-10,24H2,(H2,25,26,27,28)/t16-/m0/s1. The third kappa shape index (κ3) is 4.88. The number of aliphatic hydroxyl groups is 1. The molecule has 1 fully saturated rings. The minimum atomic E-state index is -4.55. The Morgan fingerprint density at radius 2 is 2.10 bits per heavy atom. The first kappa shape index (κ1) is 21.3. The summed E-state index contributed by atoms with van der Waals surface area (Å²) in [7, 11) is 0. The van der Waals surface area contributed by atoms with E-state index in [2.05, 4.69) is 20.6 Å². The van der Waals surface area contributed by atoms with E-state index in [4.69, 9.17) is 10.8 Å². The van der Waals surface area contributed by atoms with E-state index in [-0.39, 0.29) is 23.7 Å². The first-order valence-electron chi connectivity index (χ1n) is 9.99. The zero-order valence-corrected chi connectivity index (χ0v) is 16.6. The molecule has 1 aromatic heterocycles. The van der Waals surface area contributed by atoms with E-state index < -0.39 is 24.4 Å². The van der Waals surface area contributed by atoms with Crippen LogP contribution in [-0.4, -0.2) is 51.1 Å². The lowest BCUT2D eigenvalue weighted by molar-refractivity contribution is -0.137. The number of anilines is 3. The second kappa shape index (κ2) is 8.31. The second-order valence-electron chi connectivity index (χ2n) is 7.78. The van der Waals surface area contributed by atoms with Crippen LogP contribution in [0.4, 0.5) is 30.6 Å². The quantitative estimate of drug-likeness (QED) is 0.547. The summed E-state index contributed by atoms with van der Waals surface area (Å²) < 4.78 is 39.8. The number of aromatic nitrogens is 2. The number of aliphatic hydroxyl groups excluding tert-OH is 1. The Kier molecular flexibility index (Phi) is 5.71. The zero-order chi connectivity index (χ0) is 22.2. The van der Waals surface area contributed by atoms with Gasteiger partial charge in [0.15, 0.2) is 0 Å². The van der Waals surface area contributed by atoms with Gasteiger partial charge in [-0.05, 0) is 42.5 Å². The number of hydrogen-bond donors (Lipinski definition) is 4. The third-order valence-electron chi connectivity index (χ3n) is 5.31. The summed E-state index contributed by atoms with van der Waals surface area (Å²) in [4.78, 5) is 21.7. The number of carbonyl (C=O) groups is 1. The molecule has 2 aromatic rings. The van der Waals surface area contributed by atoms with Crippen molar-refractivity contribution in [3.05, 3.63) is 41.1 Å². The molecule has 0 saturated heterocycles. The van der Waals surface area contributed by atoms with Crippen molar-refractivity contribution in [3.8, 4) is 0 Å². The number of halogens is 3. The fraction of sp³-hybridized carbons (Fsp3) is 0.450. The molecular formula is C20H23F3N6O2. The Bertz CT molecular complexity index is 980. The highest BCUT2D eigenvalue weighted by molar-refractivity contribution is 5.82. The average Bonchev–Trinajstić information content (AvgIpc) is 3.55. The highest BCUT2D eigenvalue weighted by Gasteiger charge is 2.37. The maximum Gasteiger partial charge on any atom is 0.421 e. The topological polar surface area (TPSA) is 116 Å². The van der Waals surface area contributed by atoms with Crippen molar-refractivity contribution in [2.45, 2.75) is 44.1 Å². The summed E-state index contributed by atoms with van der Waals surface area (Å²) >= 11 is 0. The smallest absolute Gasteiger partial charge is 0.394 e. The molecule has 0 spiro atoms. The average molecular weight is 436 g/mol. The molecule has 8 nitrogen and oxygen atoms in total. The van der Waals surface area contributed by atoms with Gasteiger partial charge in [0.2, 0.25) is 11.9 Å². The van der Waals surface area contributed by atoms with Crippen molar-refractivity contribution >= 4 is 23.4 Å². The molecule has 0 unspecified atom stereocenters. The maximum absolute atomic E-state index is 13.3. The summed E-state index contributed by atoms with van der Waals surface area (Å²) in [6.45, 7) is 0.413. The van der Waals surface area contributed by atoms with Crippen molar-refractivity contribution in [3.63, 3.8) is 0 Å². The number of nitrogens with two attached hydrogens (primary N) is 1. The number of carbonyl (C=O) groups excluding carboxylic acids is 1. The summed E-state index contributed by atoms with van der Waals surface area (Å²) in [5.74, 6) is -0.518. The fourth-order valence-corrected chi connectivity index (χ4v) is 3.45. The van der Waals surface area contributed by atoms with Crippen molar-refractivity contribution in [2.75, 3.05) is 23.8 Å². The van der Waals surface area contributed by atoms with Crippen LogP contribution < -0.4 is 16.4 Å². The van der Waals surface area contributed by atoms with Crippen LogP contribution in [0.1, 0.15) is 29.5 Å². The largest absolute Gasteiger partial charge is 0.421 e. The number of nitrogens with zero attached hydrogens (tertiary/aromatic N) is 3. The number of hydrogen-bond acceptors (Lipinski definition) is 7. The Morgan fingerprint density at radius 1 is 1.32 bits per heavy atom. The molecule has 31 heavy (non-hydrogen) atoms. The predicted molar refractivity (Wildman–Crippen MR) is 108 cm³/mol. The molecule has 2 heterocycles. The van der Waals surface area contributed by atoms with Gasteiger partial charge in [0.25, 0.3) is 0 Å². The van der Waals surface area contributed by atoms with Gasteiger partial charge in [0.1, 0.15) is 17.4 Å². The highest BCUT2D eigenvalue weighted by atomic mass is 19.4. The third-order valence-corrected chi connectivity index (χ3v) is 5.31. The number of fused-ring (bicyclic) bond motifs is 1. The normalized spacial score (nSPS) is 17.1. The van der Waals surface area contributed by atoms with Gasteiger partial charge in [0.05, 0.1) is 6.61 Å². The maximum atomic E-state index is 13.3. The van der Waals surface area contributed by atoms with Gasteiger partial charge in [-0.2, -0.15) is 18.2 Å². The summed E-state index contributed by atoms with van der Waals surface area (Å²) in [5.41, 5.74) is 7.29. The van der Waals surface area contributed by atoms with Crippen molar-refractivity contribution < 1.29 is 23.1 Å². The minimum Gasteiger partial charge on any atom is -0.394 e. The van der Waals surface area contributed by atoms with Gasteiger partial charge in [0, 0.05) is 31.0 Å². The first-order valence-corrected chi connectivity index (χ1v) is 9.99. The molecule has 166 valence electrons. The van der Waals surface area contributed by atoms with Crippen LogP contribution in [0.15, 0.2) is 24.4 Å². The van der Waals surface area contributed by atoms with Crippen LogP contribution in [0.25, 0.3) is 0 Å². The van der Waals surface area contributed by atoms with Crippen LogP contribution in [0.5, 0.6) is 0 Å². The summed E-state index contributed by atoms with van der Waals surface area (Å²) in [6, 6.07) is 4.56. The van der Waals surface area contributed by atoms with Crippen molar-refractivity contribution in [1.29, 1.82) is 0 Å². The lowest BCUT2D eigenvalue weighted by atomic mass is 9.98. The van der Waals surface area contributed by atoms with E-state index in [1.54, 1.807) is 11.0 Å². The van der Waals surface area contributed by atoms with Crippen LogP contribution in [0.2, 0.25) is 0 Å². The second-order valence-corrected chi connectivity index (χ2v) is 7.78. The Morgan fingerprint density at radius 3 is 2.77 bits per heavy atom. The van der Waals surface area contributed by atoms with E-state index in [0.29, 0.717) is 25.2 Å².